The first-order valence-electron chi connectivity index (χ1n) is 9.44. The second kappa shape index (κ2) is 9.16. The molecule has 6 nitrogen and oxygen atoms in total. The lowest BCUT2D eigenvalue weighted by Crippen LogP contribution is -2.41. The maximum absolute atomic E-state index is 12.4. The first-order chi connectivity index (χ1) is 12.7. The third-order valence-electron chi connectivity index (χ3n) is 4.87. The molecule has 140 valence electrons. The fourth-order valence-corrected chi connectivity index (χ4v) is 4.21. The van der Waals surface area contributed by atoms with Crippen molar-refractivity contribution < 1.29 is 4.79 Å². The highest BCUT2D eigenvalue weighted by atomic mass is 32.2. The SMILES string of the molecule is CCCn1c(SCC(=O)N[C@@H]2CCCC[C@@H]2C)nnc1-c1cccnc1. The van der Waals surface area contributed by atoms with Crippen LogP contribution in [0, 0.1) is 5.92 Å². The minimum Gasteiger partial charge on any atom is -0.352 e. The number of hydrogen-bond acceptors (Lipinski definition) is 5. The molecule has 26 heavy (non-hydrogen) atoms. The third-order valence-corrected chi connectivity index (χ3v) is 5.84. The van der Waals surface area contributed by atoms with Crippen LogP contribution < -0.4 is 5.32 Å². The van der Waals surface area contributed by atoms with E-state index in [-0.39, 0.29) is 5.91 Å². The maximum Gasteiger partial charge on any atom is 0.230 e. The van der Waals surface area contributed by atoms with E-state index in [1.54, 1.807) is 12.4 Å². The summed E-state index contributed by atoms with van der Waals surface area (Å²) in [6, 6.07) is 4.19. The van der Waals surface area contributed by atoms with Crippen LogP contribution in [0.5, 0.6) is 0 Å². The Balaban J connectivity index is 1.64. The van der Waals surface area contributed by atoms with Crippen molar-refractivity contribution in [3.05, 3.63) is 24.5 Å². The predicted octanol–water partition coefficient (Wildman–Crippen LogP) is 3.54. The zero-order valence-electron chi connectivity index (χ0n) is 15.5. The van der Waals surface area contributed by atoms with Gasteiger partial charge < -0.3 is 9.88 Å². The van der Waals surface area contributed by atoms with Gasteiger partial charge in [0, 0.05) is 30.5 Å². The molecule has 0 aliphatic heterocycles. The Morgan fingerprint density at radius 2 is 2.19 bits per heavy atom. The van der Waals surface area contributed by atoms with Gasteiger partial charge in [-0.15, -0.1) is 10.2 Å². The molecular weight excluding hydrogens is 346 g/mol. The zero-order valence-corrected chi connectivity index (χ0v) is 16.3. The fraction of sp³-hybridized carbons (Fsp3) is 0.579. The summed E-state index contributed by atoms with van der Waals surface area (Å²) in [7, 11) is 0. The number of aromatic nitrogens is 4. The van der Waals surface area contributed by atoms with Gasteiger partial charge in [0.05, 0.1) is 5.75 Å². The molecule has 2 heterocycles. The molecule has 1 fully saturated rings. The van der Waals surface area contributed by atoms with E-state index in [2.05, 4.69) is 38.9 Å². The maximum atomic E-state index is 12.4. The first-order valence-corrected chi connectivity index (χ1v) is 10.4. The van der Waals surface area contributed by atoms with Crippen molar-refractivity contribution in [1.29, 1.82) is 0 Å². The second-order valence-electron chi connectivity index (χ2n) is 6.92. The number of thioether (sulfide) groups is 1. The molecule has 0 unspecified atom stereocenters. The Kier molecular flexibility index (Phi) is 6.66. The van der Waals surface area contributed by atoms with Crippen LogP contribution in [0.15, 0.2) is 29.7 Å². The van der Waals surface area contributed by atoms with Gasteiger partial charge in [-0.05, 0) is 37.3 Å². The molecule has 1 saturated carbocycles. The summed E-state index contributed by atoms with van der Waals surface area (Å²) in [5.74, 6) is 1.84. The van der Waals surface area contributed by atoms with E-state index in [0.29, 0.717) is 17.7 Å². The second-order valence-corrected chi connectivity index (χ2v) is 7.87. The summed E-state index contributed by atoms with van der Waals surface area (Å²) in [5, 5.41) is 12.6. The normalized spacial score (nSPS) is 20.1. The molecule has 1 aliphatic carbocycles. The van der Waals surface area contributed by atoms with Gasteiger partial charge in [0.25, 0.3) is 0 Å². The summed E-state index contributed by atoms with van der Waals surface area (Å²) in [6.45, 7) is 5.18. The number of hydrogen-bond donors (Lipinski definition) is 1. The average Bonchev–Trinajstić information content (AvgIpc) is 3.06. The monoisotopic (exact) mass is 373 g/mol. The molecule has 3 rings (SSSR count). The molecule has 0 spiro atoms. The number of amides is 1. The van der Waals surface area contributed by atoms with Crippen molar-refractivity contribution in [2.24, 2.45) is 5.92 Å². The van der Waals surface area contributed by atoms with Crippen molar-refractivity contribution in [1.82, 2.24) is 25.1 Å². The standard InChI is InChI=1S/C19H27N5OS/c1-3-11-24-18(15-8-6-10-20-12-15)22-23-19(24)26-13-17(25)21-16-9-5-4-7-14(16)2/h6,8,10,12,14,16H,3-5,7,9,11,13H2,1-2H3,(H,21,25)/t14-,16+/m0/s1. The van der Waals surface area contributed by atoms with E-state index >= 15 is 0 Å². The van der Waals surface area contributed by atoms with Gasteiger partial charge in [0.2, 0.25) is 5.91 Å². The number of rotatable bonds is 7. The van der Waals surface area contributed by atoms with Gasteiger partial charge in [-0.3, -0.25) is 9.78 Å². The molecule has 7 heteroatoms. The van der Waals surface area contributed by atoms with Crippen LogP contribution in [-0.2, 0) is 11.3 Å². The lowest BCUT2D eigenvalue weighted by Gasteiger charge is -2.29. The van der Waals surface area contributed by atoms with Crippen molar-refractivity contribution in [2.45, 2.75) is 63.7 Å². The molecule has 0 bridgehead atoms. The Morgan fingerprint density at radius 1 is 1.35 bits per heavy atom. The number of carbonyl (C=O) groups is 1. The van der Waals surface area contributed by atoms with Gasteiger partial charge in [-0.25, -0.2) is 0 Å². The van der Waals surface area contributed by atoms with E-state index < -0.39 is 0 Å². The van der Waals surface area contributed by atoms with Crippen LogP contribution in [0.25, 0.3) is 11.4 Å². The fourth-order valence-electron chi connectivity index (χ4n) is 3.44. The molecule has 0 saturated heterocycles. The van der Waals surface area contributed by atoms with E-state index in [1.807, 2.05) is 12.1 Å². The molecule has 2 atom stereocenters. The summed E-state index contributed by atoms with van der Waals surface area (Å²) in [6.07, 6.45) is 9.30. The Labute approximate surface area is 159 Å². The van der Waals surface area contributed by atoms with Gasteiger partial charge in [-0.1, -0.05) is 38.5 Å². The van der Waals surface area contributed by atoms with Crippen LogP contribution in [0.3, 0.4) is 0 Å². The highest BCUT2D eigenvalue weighted by Crippen LogP contribution is 2.25. The Morgan fingerprint density at radius 3 is 2.92 bits per heavy atom. The molecule has 1 amide bonds. The molecule has 0 aromatic carbocycles. The lowest BCUT2D eigenvalue weighted by molar-refractivity contribution is -0.119. The number of pyridine rings is 1. The minimum absolute atomic E-state index is 0.0859. The first kappa shape index (κ1) is 18.9. The highest BCUT2D eigenvalue weighted by molar-refractivity contribution is 7.99. The van der Waals surface area contributed by atoms with Crippen LogP contribution in [-0.4, -0.2) is 37.5 Å². The average molecular weight is 374 g/mol. The minimum atomic E-state index is 0.0859. The molecular formula is C19H27N5OS. The molecule has 2 aromatic heterocycles. The van der Waals surface area contributed by atoms with Gasteiger partial charge >= 0.3 is 0 Å². The van der Waals surface area contributed by atoms with Crippen LogP contribution >= 0.6 is 11.8 Å². The molecule has 1 aliphatic rings. The molecule has 0 radical (unpaired) electrons. The van der Waals surface area contributed by atoms with E-state index in [9.17, 15) is 4.79 Å². The third kappa shape index (κ3) is 4.63. The van der Waals surface area contributed by atoms with Crippen LogP contribution in [0.1, 0.15) is 46.0 Å². The topological polar surface area (TPSA) is 72.7 Å². The van der Waals surface area contributed by atoms with E-state index in [0.717, 1.165) is 35.9 Å². The number of carbonyl (C=O) groups excluding carboxylic acids is 1. The summed E-state index contributed by atoms with van der Waals surface area (Å²) < 4.78 is 2.08. The van der Waals surface area contributed by atoms with Crippen molar-refractivity contribution in [2.75, 3.05) is 5.75 Å². The largest absolute Gasteiger partial charge is 0.352 e. The summed E-state index contributed by atoms with van der Waals surface area (Å²) in [5.41, 5.74) is 0.945. The predicted molar refractivity (Wildman–Crippen MR) is 104 cm³/mol. The van der Waals surface area contributed by atoms with Gasteiger partial charge in [0.1, 0.15) is 0 Å². The number of nitrogens with zero attached hydrogens (tertiary/aromatic N) is 4. The van der Waals surface area contributed by atoms with E-state index in [4.69, 9.17) is 0 Å². The van der Waals surface area contributed by atoms with Crippen LogP contribution in [0.4, 0.5) is 0 Å². The van der Waals surface area contributed by atoms with Crippen LogP contribution in [0.2, 0.25) is 0 Å². The summed E-state index contributed by atoms with van der Waals surface area (Å²) in [4.78, 5) is 16.5. The molecule has 1 N–H and O–H groups in total. The highest BCUT2D eigenvalue weighted by Gasteiger charge is 2.23. The van der Waals surface area contributed by atoms with E-state index in [1.165, 1.54) is 31.0 Å². The van der Waals surface area contributed by atoms with Gasteiger partial charge in [-0.2, -0.15) is 0 Å². The number of nitrogens with one attached hydrogen (secondary N) is 1. The Bertz CT molecular complexity index is 718. The van der Waals surface area contributed by atoms with Crippen molar-refractivity contribution in [3.63, 3.8) is 0 Å². The molecule has 2 aromatic rings. The Hall–Kier alpha value is -1.89. The summed E-state index contributed by atoms with van der Waals surface area (Å²) >= 11 is 1.46. The quantitative estimate of drug-likeness (QED) is 0.752. The van der Waals surface area contributed by atoms with Gasteiger partial charge in [0.15, 0.2) is 11.0 Å². The van der Waals surface area contributed by atoms with Crippen molar-refractivity contribution in [3.8, 4) is 11.4 Å². The zero-order chi connectivity index (χ0) is 18.4. The van der Waals surface area contributed by atoms with Crippen molar-refractivity contribution >= 4 is 17.7 Å². The lowest BCUT2D eigenvalue weighted by atomic mass is 9.86. The smallest absolute Gasteiger partial charge is 0.230 e.